The zero-order valence-corrected chi connectivity index (χ0v) is 13.8. The number of hydrogen-bond donors (Lipinski definition) is 2. The Kier molecular flexibility index (Phi) is 4.63. The monoisotopic (exact) mass is 315 g/mol. The smallest absolute Gasteiger partial charge is 0.303 e. The molecule has 2 aromatic rings. The molecule has 1 heterocycles. The molecule has 1 amide bonds. The van der Waals surface area contributed by atoms with Gasteiger partial charge in [-0.05, 0) is 37.5 Å². The molecule has 0 aliphatic carbocycles. The first-order valence-electron chi connectivity index (χ1n) is 7.43. The van der Waals surface area contributed by atoms with Gasteiger partial charge >= 0.3 is 5.97 Å². The molecule has 2 rings (SSSR count). The molecule has 0 saturated carbocycles. The van der Waals surface area contributed by atoms with E-state index in [1.54, 1.807) is 26.0 Å². The second-order valence-electron chi connectivity index (χ2n) is 6.56. The van der Waals surface area contributed by atoms with Crippen LogP contribution >= 0.6 is 0 Å². The zero-order chi connectivity index (χ0) is 17.2. The number of nitrogens with one attached hydrogen (secondary N) is 1. The SMILES string of the molecule is Cc1nc2ccc(NC(=O)CC(C)(C)CC(=O)O)cc2nc1C. The van der Waals surface area contributed by atoms with Crippen molar-refractivity contribution in [3.8, 4) is 0 Å². The maximum Gasteiger partial charge on any atom is 0.303 e. The molecule has 0 atom stereocenters. The number of hydrogen-bond acceptors (Lipinski definition) is 4. The van der Waals surface area contributed by atoms with Gasteiger partial charge < -0.3 is 10.4 Å². The maximum absolute atomic E-state index is 12.1. The lowest BCUT2D eigenvalue weighted by Crippen LogP contribution is -2.24. The molecule has 1 aromatic heterocycles. The van der Waals surface area contributed by atoms with Gasteiger partial charge in [0.25, 0.3) is 0 Å². The number of carboxylic acids is 1. The molecule has 0 unspecified atom stereocenters. The number of amides is 1. The minimum absolute atomic E-state index is 0.0535. The number of anilines is 1. The summed E-state index contributed by atoms with van der Waals surface area (Å²) in [6.07, 6.45) is 0.0814. The summed E-state index contributed by atoms with van der Waals surface area (Å²) in [6.45, 7) is 7.32. The molecule has 6 nitrogen and oxygen atoms in total. The van der Waals surface area contributed by atoms with Crippen LogP contribution in [-0.4, -0.2) is 27.0 Å². The fourth-order valence-electron chi connectivity index (χ4n) is 2.42. The second-order valence-corrected chi connectivity index (χ2v) is 6.56. The molecule has 6 heteroatoms. The molecule has 0 radical (unpaired) electrons. The number of nitrogens with zero attached hydrogens (tertiary/aromatic N) is 2. The van der Waals surface area contributed by atoms with Crippen molar-refractivity contribution in [2.75, 3.05) is 5.32 Å². The van der Waals surface area contributed by atoms with Crippen LogP contribution in [0, 0.1) is 19.3 Å². The van der Waals surface area contributed by atoms with E-state index >= 15 is 0 Å². The predicted octanol–water partition coefficient (Wildman–Crippen LogP) is 3.08. The molecule has 0 aliphatic rings. The fraction of sp³-hybridized carbons (Fsp3) is 0.412. The lowest BCUT2D eigenvalue weighted by atomic mass is 9.85. The third kappa shape index (κ3) is 4.48. The van der Waals surface area contributed by atoms with Crippen molar-refractivity contribution < 1.29 is 14.7 Å². The number of aliphatic carboxylic acids is 1. The highest BCUT2D eigenvalue weighted by Gasteiger charge is 2.25. The van der Waals surface area contributed by atoms with Gasteiger partial charge in [0, 0.05) is 12.1 Å². The number of benzene rings is 1. The molecule has 0 fully saturated rings. The summed E-state index contributed by atoms with van der Waals surface area (Å²) >= 11 is 0. The van der Waals surface area contributed by atoms with Crippen molar-refractivity contribution >= 4 is 28.6 Å². The van der Waals surface area contributed by atoms with Gasteiger partial charge in [-0.2, -0.15) is 0 Å². The van der Waals surface area contributed by atoms with Crippen LogP contribution in [0.1, 0.15) is 38.1 Å². The van der Waals surface area contributed by atoms with Crippen LogP contribution in [-0.2, 0) is 9.59 Å². The summed E-state index contributed by atoms with van der Waals surface area (Å²) in [4.78, 5) is 31.9. The third-order valence-corrected chi connectivity index (χ3v) is 3.63. The van der Waals surface area contributed by atoms with Crippen LogP contribution in [0.5, 0.6) is 0 Å². The quantitative estimate of drug-likeness (QED) is 0.884. The Morgan fingerprint density at radius 3 is 2.30 bits per heavy atom. The zero-order valence-electron chi connectivity index (χ0n) is 13.8. The van der Waals surface area contributed by atoms with Crippen molar-refractivity contribution in [2.45, 2.75) is 40.5 Å². The first-order valence-corrected chi connectivity index (χ1v) is 7.43. The number of rotatable bonds is 5. The number of aryl methyl sites for hydroxylation is 2. The number of aromatic nitrogens is 2. The van der Waals surface area contributed by atoms with Crippen LogP contribution in [0.2, 0.25) is 0 Å². The van der Waals surface area contributed by atoms with E-state index in [1.165, 1.54) is 0 Å². The van der Waals surface area contributed by atoms with Gasteiger partial charge in [-0.25, -0.2) is 9.97 Å². The normalized spacial score (nSPS) is 11.5. The van der Waals surface area contributed by atoms with Crippen LogP contribution in [0.3, 0.4) is 0 Å². The van der Waals surface area contributed by atoms with Crippen molar-refractivity contribution in [3.63, 3.8) is 0 Å². The van der Waals surface area contributed by atoms with Gasteiger partial charge in [-0.3, -0.25) is 9.59 Å². The summed E-state index contributed by atoms with van der Waals surface area (Å²) in [7, 11) is 0. The second kappa shape index (κ2) is 6.32. The summed E-state index contributed by atoms with van der Waals surface area (Å²) in [5.41, 5.74) is 3.26. The molecule has 1 aromatic carbocycles. The molecule has 0 spiro atoms. The molecule has 0 saturated heterocycles. The first kappa shape index (κ1) is 16.9. The van der Waals surface area contributed by atoms with Gasteiger partial charge in [0.05, 0.1) is 28.8 Å². The van der Waals surface area contributed by atoms with Gasteiger partial charge in [0.2, 0.25) is 5.91 Å². The van der Waals surface area contributed by atoms with E-state index in [0.717, 1.165) is 22.4 Å². The van der Waals surface area contributed by atoms with Crippen LogP contribution in [0.4, 0.5) is 5.69 Å². The largest absolute Gasteiger partial charge is 0.481 e. The topological polar surface area (TPSA) is 92.2 Å². The Morgan fingerprint density at radius 1 is 1.09 bits per heavy atom. The highest BCUT2D eigenvalue weighted by Crippen LogP contribution is 2.26. The molecular formula is C17H21N3O3. The standard InChI is InChI=1S/C17H21N3O3/c1-10-11(2)19-14-7-12(5-6-13(14)18-10)20-15(21)8-17(3,4)9-16(22)23/h5-7H,8-9H2,1-4H3,(H,20,21)(H,22,23). The fourth-order valence-corrected chi connectivity index (χ4v) is 2.42. The van der Waals surface area contributed by atoms with Gasteiger partial charge in [0.1, 0.15) is 0 Å². The summed E-state index contributed by atoms with van der Waals surface area (Å²) < 4.78 is 0. The van der Waals surface area contributed by atoms with E-state index in [2.05, 4.69) is 15.3 Å². The van der Waals surface area contributed by atoms with Gasteiger partial charge in [0.15, 0.2) is 0 Å². The predicted molar refractivity (Wildman–Crippen MR) is 88.3 cm³/mol. The molecule has 0 aliphatic heterocycles. The number of carbonyl (C=O) groups excluding carboxylic acids is 1. The first-order chi connectivity index (χ1) is 10.7. The van der Waals surface area contributed by atoms with Crippen molar-refractivity contribution in [2.24, 2.45) is 5.41 Å². The summed E-state index contributed by atoms with van der Waals surface area (Å²) in [5.74, 6) is -1.12. The van der Waals surface area contributed by atoms with Crippen molar-refractivity contribution in [1.82, 2.24) is 9.97 Å². The molecule has 2 N–H and O–H groups in total. The Balaban J connectivity index is 2.13. The Labute approximate surface area is 135 Å². The Morgan fingerprint density at radius 2 is 1.70 bits per heavy atom. The van der Waals surface area contributed by atoms with Crippen LogP contribution in [0.15, 0.2) is 18.2 Å². The summed E-state index contributed by atoms with van der Waals surface area (Å²) in [5, 5.41) is 11.7. The van der Waals surface area contributed by atoms with E-state index in [1.807, 2.05) is 19.9 Å². The molecule has 0 bridgehead atoms. The van der Waals surface area contributed by atoms with E-state index in [-0.39, 0.29) is 18.7 Å². The van der Waals surface area contributed by atoms with E-state index in [4.69, 9.17) is 5.11 Å². The lowest BCUT2D eigenvalue weighted by molar-refractivity contribution is -0.139. The van der Waals surface area contributed by atoms with Gasteiger partial charge in [-0.15, -0.1) is 0 Å². The van der Waals surface area contributed by atoms with E-state index < -0.39 is 11.4 Å². The minimum atomic E-state index is -0.908. The molecule has 23 heavy (non-hydrogen) atoms. The third-order valence-electron chi connectivity index (χ3n) is 3.63. The maximum atomic E-state index is 12.1. The Hall–Kier alpha value is -2.50. The van der Waals surface area contributed by atoms with E-state index in [9.17, 15) is 9.59 Å². The number of fused-ring (bicyclic) bond motifs is 1. The van der Waals surface area contributed by atoms with Crippen molar-refractivity contribution in [1.29, 1.82) is 0 Å². The van der Waals surface area contributed by atoms with Crippen molar-refractivity contribution in [3.05, 3.63) is 29.6 Å². The number of carboxylic acid groups (broad SMARTS) is 1. The molecule has 122 valence electrons. The Bertz CT molecular complexity index is 769. The highest BCUT2D eigenvalue weighted by atomic mass is 16.4. The van der Waals surface area contributed by atoms with E-state index in [0.29, 0.717) is 5.69 Å². The summed E-state index contributed by atoms with van der Waals surface area (Å²) in [6, 6.07) is 5.36. The lowest BCUT2D eigenvalue weighted by Gasteiger charge is -2.21. The highest BCUT2D eigenvalue weighted by molar-refractivity contribution is 5.93. The van der Waals surface area contributed by atoms with Crippen LogP contribution in [0.25, 0.3) is 11.0 Å². The van der Waals surface area contributed by atoms with Crippen LogP contribution < -0.4 is 5.32 Å². The minimum Gasteiger partial charge on any atom is -0.481 e. The molecular weight excluding hydrogens is 294 g/mol. The number of carbonyl (C=O) groups is 2. The average molecular weight is 315 g/mol. The van der Waals surface area contributed by atoms with Gasteiger partial charge in [-0.1, -0.05) is 13.8 Å². The average Bonchev–Trinajstić information content (AvgIpc) is 2.37.